The molecule has 5 nitrogen and oxygen atoms in total. The van der Waals surface area contributed by atoms with Gasteiger partial charge in [-0.3, -0.25) is 0 Å². The molecule has 0 unspecified atom stereocenters. The molecule has 0 amide bonds. The van der Waals surface area contributed by atoms with Gasteiger partial charge >= 0.3 is 0 Å². The van der Waals surface area contributed by atoms with Crippen LogP contribution in [-0.4, -0.2) is 30.5 Å². The first-order valence-corrected chi connectivity index (χ1v) is 9.26. The van der Waals surface area contributed by atoms with Crippen LogP contribution in [0.25, 0.3) is 11.3 Å². The number of para-hydroxylation sites is 2. The lowest BCUT2D eigenvalue weighted by atomic mass is 10.1. The Morgan fingerprint density at radius 1 is 1.04 bits per heavy atom. The van der Waals surface area contributed by atoms with Crippen molar-refractivity contribution in [2.24, 2.45) is 4.99 Å². The Kier molecular flexibility index (Phi) is 6.09. The highest BCUT2D eigenvalue weighted by atomic mass is 32.1. The van der Waals surface area contributed by atoms with Gasteiger partial charge in [-0.2, -0.15) is 0 Å². The van der Waals surface area contributed by atoms with Gasteiger partial charge in [-0.05, 0) is 48.4 Å². The van der Waals surface area contributed by atoms with Crippen molar-refractivity contribution in [3.05, 3.63) is 58.7 Å². The number of aromatic nitrogens is 1. The van der Waals surface area contributed by atoms with Crippen molar-refractivity contribution < 1.29 is 14.6 Å². The van der Waals surface area contributed by atoms with E-state index in [4.69, 9.17) is 14.5 Å². The average molecular weight is 370 g/mol. The van der Waals surface area contributed by atoms with Crippen LogP contribution in [0.4, 0.5) is 5.69 Å². The maximum Gasteiger partial charge on any atom is 0.190 e. The normalized spacial score (nSPS) is 11.6. The lowest BCUT2D eigenvalue weighted by Crippen LogP contribution is -2.16. The fourth-order valence-corrected chi connectivity index (χ4v) is 3.63. The van der Waals surface area contributed by atoms with Crippen molar-refractivity contribution >= 4 is 17.0 Å². The van der Waals surface area contributed by atoms with Crippen LogP contribution in [0, 0.1) is 0 Å². The molecule has 2 aromatic carbocycles. The average Bonchev–Trinajstić information content (AvgIpc) is 3.09. The predicted octanol–water partition coefficient (Wildman–Crippen LogP) is 3.85. The van der Waals surface area contributed by atoms with E-state index in [1.165, 1.54) is 0 Å². The van der Waals surface area contributed by atoms with Crippen LogP contribution in [0.2, 0.25) is 0 Å². The van der Waals surface area contributed by atoms with Gasteiger partial charge in [0.25, 0.3) is 0 Å². The van der Waals surface area contributed by atoms with Crippen LogP contribution in [0.15, 0.2) is 58.9 Å². The van der Waals surface area contributed by atoms with Gasteiger partial charge in [0.05, 0.1) is 19.9 Å². The van der Waals surface area contributed by atoms with Crippen LogP contribution < -0.4 is 14.3 Å². The summed E-state index contributed by atoms with van der Waals surface area (Å²) < 4.78 is 12.8. The second-order valence-corrected chi connectivity index (χ2v) is 6.48. The first-order valence-electron chi connectivity index (χ1n) is 8.38. The van der Waals surface area contributed by atoms with Gasteiger partial charge in [-0.25, -0.2) is 4.99 Å². The van der Waals surface area contributed by atoms with E-state index in [0.717, 1.165) is 33.2 Å². The smallest absolute Gasteiger partial charge is 0.190 e. The first-order chi connectivity index (χ1) is 12.8. The molecule has 0 bridgehead atoms. The van der Waals surface area contributed by atoms with Crippen molar-refractivity contribution in [1.29, 1.82) is 0 Å². The molecule has 0 aliphatic rings. The van der Waals surface area contributed by atoms with E-state index in [9.17, 15) is 5.11 Å². The van der Waals surface area contributed by atoms with Gasteiger partial charge in [-0.1, -0.05) is 12.1 Å². The maximum atomic E-state index is 9.28. The molecule has 0 aliphatic heterocycles. The maximum absolute atomic E-state index is 9.28. The SMILES string of the molecule is COc1ccc(-c2csc(=Nc3ccccc3OC)n2CCCO)cc1. The third-order valence-corrected chi connectivity index (χ3v) is 4.89. The number of aliphatic hydroxyl groups is 1. The van der Waals surface area contributed by atoms with Gasteiger partial charge < -0.3 is 19.1 Å². The standard InChI is InChI=1S/C20H22N2O3S/c1-24-16-10-8-15(9-11-16)18-14-26-20(22(18)12-5-13-23)21-17-6-3-4-7-19(17)25-2/h3-4,6-11,14,23H,5,12-13H2,1-2H3. The topological polar surface area (TPSA) is 56.0 Å². The van der Waals surface area contributed by atoms with Crippen LogP contribution in [0.5, 0.6) is 11.5 Å². The minimum Gasteiger partial charge on any atom is -0.497 e. The Labute approximate surface area is 156 Å². The zero-order valence-electron chi connectivity index (χ0n) is 14.9. The van der Waals surface area contributed by atoms with E-state index >= 15 is 0 Å². The number of aliphatic hydroxyl groups excluding tert-OH is 1. The molecular weight excluding hydrogens is 348 g/mol. The molecule has 0 atom stereocenters. The number of methoxy groups -OCH3 is 2. The van der Waals surface area contributed by atoms with Crippen molar-refractivity contribution in [1.82, 2.24) is 4.57 Å². The number of hydrogen-bond acceptors (Lipinski definition) is 5. The summed E-state index contributed by atoms with van der Waals surface area (Å²) in [5.74, 6) is 1.56. The zero-order valence-corrected chi connectivity index (χ0v) is 15.7. The number of thiazole rings is 1. The molecule has 1 heterocycles. The lowest BCUT2D eigenvalue weighted by Gasteiger charge is -2.09. The molecule has 0 saturated heterocycles. The Balaban J connectivity index is 2.08. The molecule has 3 rings (SSSR count). The number of ether oxygens (including phenoxy) is 2. The third kappa shape index (κ3) is 3.98. The monoisotopic (exact) mass is 370 g/mol. The van der Waals surface area contributed by atoms with Gasteiger partial charge in [0, 0.05) is 18.5 Å². The molecule has 0 aliphatic carbocycles. The number of hydrogen-bond donors (Lipinski definition) is 1. The highest BCUT2D eigenvalue weighted by molar-refractivity contribution is 7.07. The number of nitrogens with zero attached hydrogens (tertiary/aromatic N) is 2. The highest BCUT2D eigenvalue weighted by Gasteiger charge is 2.09. The molecule has 136 valence electrons. The highest BCUT2D eigenvalue weighted by Crippen LogP contribution is 2.27. The predicted molar refractivity (Wildman–Crippen MR) is 104 cm³/mol. The zero-order chi connectivity index (χ0) is 18.4. The lowest BCUT2D eigenvalue weighted by molar-refractivity contribution is 0.279. The quantitative estimate of drug-likeness (QED) is 0.687. The molecule has 0 spiro atoms. The second-order valence-electron chi connectivity index (χ2n) is 5.64. The van der Waals surface area contributed by atoms with Crippen molar-refractivity contribution in [3.8, 4) is 22.8 Å². The molecule has 1 aromatic heterocycles. The molecule has 0 saturated carbocycles. The van der Waals surface area contributed by atoms with Gasteiger partial charge in [-0.15, -0.1) is 11.3 Å². The summed E-state index contributed by atoms with van der Waals surface area (Å²) in [4.78, 5) is 5.66. The largest absolute Gasteiger partial charge is 0.497 e. The van der Waals surface area contributed by atoms with E-state index in [1.54, 1.807) is 25.6 Å². The van der Waals surface area contributed by atoms with Gasteiger partial charge in [0.2, 0.25) is 0 Å². The fourth-order valence-electron chi connectivity index (χ4n) is 2.68. The minimum atomic E-state index is 0.138. The summed E-state index contributed by atoms with van der Waals surface area (Å²) >= 11 is 1.57. The Morgan fingerprint density at radius 3 is 2.50 bits per heavy atom. The minimum absolute atomic E-state index is 0.138. The fraction of sp³-hybridized carbons (Fsp3) is 0.250. The summed E-state index contributed by atoms with van der Waals surface area (Å²) in [6, 6.07) is 15.6. The number of benzene rings is 2. The van der Waals surface area contributed by atoms with Gasteiger partial charge in [0.15, 0.2) is 4.80 Å². The summed E-state index contributed by atoms with van der Waals surface area (Å²) in [5.41, 5.74) is 2.94. The second kappa shape index (κ2) is 8.69. The molecule has 6 heteroatoms. The van der Waals surface area contributed by atoms with E-state index in [1.807, 2.05) is 48.5 Å². The summed E-state index contributed by atoms with van der Waals surface area (Å²) in [5, 5.41) is 11.4. The molecule has 26 heavy (non-hydrogen) atoms. The van der Waals surface area contributed by atoms with Crippen LogP contribution in [0.3, 0.4) is 0 Å². The van der Waals surface area contributed by atoms with Crippen LogP contribution in [0.1, 0.15) is 6.42 Å². The van der Waals surface area contributed by atoms with E-state index in [0.29, 0.717) is 13.0 Å². The van der Waals surface area contributed by atoms with Crippen LogP contribution >= 0.6 is 11.3 Å². The molecule has 1 N–H and O–H groups in total. The molecule has 0 radical (unpaired) electrons. The molecular formula is C20H22N2O3S. The van der Waals surface area contributed by atoms with Crippen LogP contribution in [-0.2, 0) is 6.54 Å². The van der Waals surface area contributed by atoms with E-state index in [-0.39, 0.29) is 6.61 Å². The van der Waals surface area contributed by atoms with Crippen molar-refractivity contribution in [2.45, 2.75) is 13.0 Å². The number of rotatable bonds is 7. The van der Waals surface area contributed by atoms with E-state index in [2.05, 4.69) is 9.95 Å². The molecule has 3 aromatic rings. The van der Waals surface area contributed by atoms with Crippen molar-refractivity contribution in [3.63, 3.8) is 0 Å². The molecule has 0 fully saturated rings. The third-order valence-electron chi connectivity index (χ3n) is 4.02. The van der Waals surface area contributed by atoms with Crippen molar-refractivity contribution in [2.75, 3.05) is 20.8 Å². The first kappa shape index (κ1) is 18.2. The summed E-state index contributed by atoms with van der Waals surface area (Å²) in [6.45, 7) is 0.828. The summed E-state index contributed by atoms with van der Waals surface area (Å²) in [7, 11) is 3.30. The Hall–Kier alpha value is -2.57. The van der Waals surface area contributed by atoms with E-state index < -0.39 is 0 Å². The Morgan fingerprint density at radius 2 is 1.81 bits per heavy atom. The summed E-state index contributed by atoms with van der Waals surface area (Å²) in [6.07, 6.45) is 0.666. The van der Waals surface area contributed by atoms with Gasteiger partial charge in [0.1, 0.15) is 17.2 Å². The Bertz CT molecular complexity index is 913.